The molecule has 29 heavy (non-hydrogen) atoms. The lowest BCUT2D eigenvalue weighted by molar-refractivity contribution is -0.116. The van der Waals surface area contributed by atoms with E-state index in [1.165, 1.54) is 0 Å². The number of para-hydroxylation sites is 2. The number of imidazole rings is 1. The third kappa shape index (κ3) is 4.87. The Hall–Kier alpha value is -2.19. The molecule has 8 heteroatoms. The van der Waals surface area contributed by atoms with Crippen molar-refractivity contribution < 1.29 is 4.79 Å². The average Bonchev–Trinajstić information content (AvgIpc) is 3.19. The Morgan fingerprint density at radius 3 is 2.55 bits per heavy atom. The minimum atomic E-state index is -0.0620. The van der Waals surface area contributed by atoms with Gasteiger partial charge in [0.05, 0.1) is 27.7 Å². The standard InChI is InChI=1S/C21H29BrN6O/c1-5-26(6-2)13-14-27-18-10-8-7-9-17(18)23-21(27)24-19(29)11-12-28-16(4)20(22)15(3)25-28/h7-10H,5-6,11-14H2,1-4H3,(H,23,24,29). The van der Waals surface area contributed by atoms with E-state index in [0.29, 0.717) is 18.9 Å². The van der Waals surface area contributed by atoms with Crippen molar-refractivity contribution in [1.82, 2.24) is 24.2 Å². The number of carbonyl (C=O) groups is 1. The van der Waals surface area contributed by atoms with Gasteiger partial charge in [-0.1, -0.05) is 26.0 Å². The number of halogens is 1. The predicted molar refractivity (Wildman–Crippen MR) is 120 cm³/mol. The van der Waals surface area contributed by atoms with E-state index in [0.717, 1.165) is 53.1 Å². The summed E-state index contributed by atoms with van der Waals surface area (Å²) in [6.07, 6.45) is 0.341. The second kappa shape index (κ2) is 9.54. The van der Waals surface area contributed by atoms with Crippen LogP contribution in [0.25, 0.3) is 11.0 Å². The van der Waals surface area contributed by atoms with Gasteiger partial charge in [-0.15, -0.1) is 0 Å². The van der Waals surface area contributed by atoms with E-state index in [-0.39, 0.29) is 5.91 Å². The van der Waals surface area contributed by atoms with Crippen LogP contribution in [0.4, 0.5) is 5.95 Å². The zero-order valence-corrected chi connectivity index (χ0v) is 19.2. The van der Waals surface area contributed by atoms with Crippen LogP contribution in [-0.2, 0) is 17.9 Å². The molecule has 0 fully saturated rings. The van der Waals surface area contributed by atoms with Crippen molar-refractivity contribution in [3.63, 3.8) is 0 Å². The summed E-state index contributed by atoms with van der Waals surface area (Å²) in [7, 11) is 0. The fourth-order valence-corrected chi connectivity index (χ4v) is 3.75. The van der Waals surface area contributed by atoms with Gasteiger partial charge in [-0.25, -0.2) is 4.98 Å². The van der Waals surface area contributed by atoms with Crippen molar-refractivity contribution in [2.24, 2.45) is 0 Å². The minimum absolute atomic E-state index is 0.0620. The monoisotopic (exact) mass is 460 g/mol. The number of hydrogen-bond acceptors (Lipinski definition) is 4. The van der Waals surface area contributed by atoms with Gasteiger partial charge < -0.3 is 9.47 Å². The Morgan fingerprint density at radius 2 is 1.90 bits per heavy atom. The van der Waals surface area contributed by atoms with Gasteiger partial charge >= 0.3 is 0 Å². The van der Waals surface area contributed by atoms with Gasteiger partial charge in [-0.3, -0.25) is 14.8 Å². The van der Waals surface area contributed by atoms with E-state index in [4.69, 9.17) is 0 Å². The Labute approximate surface area is 180 Å². The molecule has 7 nitrogen and oxygen atoms in total. The van der Waals surface area contributed by atoms with Crippen molar-refractivity contribution in [1.29, 1.82) is 0 Å². The normalized spacial score (nSPS) is 11.5. The summed E-state index contributed by atoms with van der Waals surface area (Å²) in [5.74, 6) is 0.547. The number of benzene rings is 1. The highest BCUT2D eigenvalue weighted by atomic mass is 79.9. The van der Waals surface area contributed by atoms with Crippen molar-refractivity contribution in [3.8, 4) is 0 Å². The molecule has 0 aliphatic carbocycles. The van der Waals surface area contributed by atoms with Gasteiger partial charge in [0.1, 0.15) is 0 Å². The lowest BCUT2D eigenvalue weighted by atomic mass is 10.3. The van der Waals surface area contributed by atoms with Gasteiger partial charge in [0.25, 0.3) is 0 Å². The fraction of sp³-hybridized carbons (Fsp3) is 0.476. The van der Waals surface area contributed by atoms with Crippen molar-refractivity contribution >= 4 is 38.8 Å². The van der Waals surface area contributed by atoms with E-state index in [1.54, 1.807) is 0 Å². The highest BCUT2D eigenvalue weighted by molar-refractivity contribution is 9.10. The van der Waals surface area contributed by atoms with Crippen LogP contribution in [0.15, 0.2) is 28.7 Å². The number of carbonyl (C=O) groups excluding carboxylic acids is 1. The molecule has 0 aliphatic heterocycles. The summed E-state index contributed by atoms with van der Waals surface area (Å²) in [4.78, 5) is 19.7. The van der Waals surface area contributed by atoms with E-state index in [9.17, 15) is 4.79 Å². The van der Waals surface area contributed by atoms with Crippen LogP contribution in [0.2, 0.25) is 0 Å². The third-order valence-corrected chi connectivity index (χ3v) is 6.43. The van der Waals surface area contributed by atoms with Gasteiger partial charge in [0.15, 0.2) is 0 Å². The minimum Gasteiger partial charge on any atom is -0.309 e. The summed E-state index contributed by atoms with van der Waals surface area (Å²) in [6, 6.07) is 8.00. The molecule has 0 saturated heterocycles. The number of aromatic nitrogens is 4. The van der Waals surface area contributed by atoms with E-state index >= 15 is 0 Å². The zero-order chi connectivity index (χ0) is 21.0. The van der Waals surface area contributed by atoms with Gasteiger partial charge in [-0.2, -0.15) is 5.10 Å². The van der Waals surface area contributed by atoms with Crippen molar-refractivity contribution in [3.05, 3.63) is 40.1 Å². The molecule has 0 atom stereocenters. The maximum Gasteiger partial charge on any atom is 0.228 e. The molecular formula is C21H29BrN6O. The van der Waals surface area contributed by atoms with Gasteiger partial charge in [0, 0.05) is 25.2 Å². The van der Waals surface area contributed by atoms with Gasteiger partial charge in [0.2, 0.25) is 11.9 Å². The lowest BCUT2D eigenvalue weighted by Crippen LogP contribution is -2.28. The number of nitrogens with zero attached hydrogens (tertiary/aromatic N) is 5. The molecule has 1 amide bonds. The van der Waals surface area contributed by atoms with Crippen LogP contribution in [0.5, 0.6) is 0 Å². The van der Waals surface area contributed by atoms with Crippen LogP contribution >= 0.6 is 15.9 Å². The molecular weight excluding hydrogens is 432 g/mol. The second-order valence-corrected chi connectivity index (χ2v) is 7.90. The maximum atomic E-state index is 12.6. The molecule has 0 saturated carbocycles. The molecule has 156 valence electrons. The molecule has 0 bridgehead atoms. The summed E-state index contributed by atoms with van der Waals surface area (Å²) >= 11 is 3.53. The van der Waals surface area contributed by atoms with E-state index in [1.807, 2.05) is 42.8 Å². The van der Waals surface area contributed by atoms with Crippen molar-refractivity contribution in [2.75, 3.05) is 25.0 Å². The average molecular weight is 461 g/mol. The molecule has 0 aliphatic rings. The number of aryl methyl sites for hydroxylation is 2. The molecule has 0 spiro atoms. The number of anilines is 1. The Bertz CT molecular complexity index is 989. The predicted octanol–water partition coefficient (Wildman–Crippen LogP) is 3.98. The summed E-state index contributed by atoms with van der Waals surface area (Å²) in [5, 5.41) is 7.48. The van der Waals surface area contributed by atoms with E-state index < -0.39 is 0 Å². The molecule has 1 N–H and O–H groups in total. The fourth-order valence-electron chi connectivity index (χ4n) is 3.47. The topological polar surface area (TPSA) is 68.0 Å². The molecule has 3 aromatic rings. The Kier molecular flexibility index (Phi) is 7.08. The summed E-state index contributed by atoms with van der Waals surface area (Å²) in [5.41, 5.74) is 3.89. The first kappa shape index (κ1) is 21.5. The first-order valence-electron chi connectivity index (χ1n) is 10.1. The molecule has 0 unspecified atom stereocenters. The van der Waals surface area contributed by atoms with E-state index in [2.05, 4.69) is 54.6 Å². The smallest absolute Gasteiger partial charge is 0.228 e. The molecule has 2 heterocycles. The Balaban J connectivity index is 1.73. The molecule has 2 aromatic heterocycles. The maximum absolute atomic E-state index is 12.6. The largest absolute Gasteiger partial charge is 0.309 e. The highest BCUT2D eigenvalue weighted by Gasteiger charge is 2.15. The first-order valence-corrected chi connectivity index (χ1v) is 10.9. The van der Waals surface area contributed by atoms with Crippen molar-refractivity contribution in [2.45, 2.75) is 47.2 Å². The van der Waals surface area contributed by atoms with Crippen LogP contribution in [0.1, 0.15) is 31.7 Å². The van der Waals surface area contributed by atoms with Crippen LogP contribution < -0.4 is 5.32 Å². The first-order chi connectivity index (χ1) is 13.9. The molecule has 3 rings (SSSR count). The lowest BCUT2D eigenvalue weighted by Gasteiger charge is -2.19. The number of rotatable bonds is 9. The number of fused-ring (bicyclic) bond motifs is 1. The summed E-state index contributed by atoms with van der Waals surface area (Å²) in [6.45, 7) is 12.5. The highest BCUT2D eigenvalue weighted by Crippen LogP contribution is 2.21. The number of amides is 1. The number of likely N-dealkylation sites (N-methyl/N-ethyl adjacent to an activating group) is 1. The molecule has 1 aromatic carbocycles. The van der Waals surface area contributed by atoms with Crippen LogP contribution in [-0.4, -0.2) is 49.8 Å². The molecule has 0 radical (unpaired) electrons. The number of nitrogens with one attached hydrogen (secondary N) is 1. The quantitative estimate of drug-likeness (QED) is 0.524. The Morgan fingerprint density at radius 1 is 1.17 bits per heavy atom. The number of hydrogen-bond donors (Lipinski definition) is 1. The SMILES string of the molecule is CCN(CC)CCn1c(NC(=O)CCn2nc(C)c(Br)c2C)nc2ccccc21. The zero-order valence-electron chi connectivity index (χ0n) is 17.6. The third-order valence-electron chi connectivity index (χ3n) is 5.28. The van der Waals surface area contributed by atoms with Crippen LogP contribution in [0.3, 0.4) is 0 Å². The van der Waals surface area contributed by atoms with Crippen LogP contribution in [0, 0.1) is 13.8 Å². The second-order valence-electron chi connectivity index (χ2n) is 7.11. The summed E-state index contributed by atoms with van der Waals surface area (Å²) < 4.78 is 4.96. The van der Waals surface area contributed by atoms with Gasteiger partial charge in [-0.05, 0) is 55.0 Å².